The van der Waals surface area contributed by atoms with Crippen molar-refractivity contribution in [2.75, 3.05) is 13.2 Å². The summed E-state index contributed by atoms with van der Waals surface area (Å²) in [5.41, 5.74) is 2.87. The molecule has 15 heavy (non-hydrogen) atoms. The van der Waals surface area contributed by atoms with E-state index in [-0.39, 0.29) is 6.29 Å². The van der Waals surface area contributed by atoms with Crippen LogP contribution in [-0.4, -0.2) is 21.1 Å². The minimum absolute atomic E-state index is 0.278. The van der Waals surface area contributed by atoms with Crippen molar-refractivity contribution in [3.8, 4) is 0 Å². The van der Waals surface area contributed by atoms with Gasteiger partial charge in [0.05, 0.1) is 0 Å². The summed E-state index contributed by atoms with van der Waals surface area (Å²) in [5, 5.41) is 0. The third kappa shape index (κ3) is 3.36. The number of hydrogen-bond donors (Lipinski definition) is 0. The summed E-state index contributed by atoms with van der Waals surface area (Å²) >= 11 is 0. The van der Waals surface area contributed by atoms with Crippen LogP contribution in [0, 0.1) is 6.92 Å². The van der Waals surface area contributed by atoms with Crippen molar-refractivity contribution in [3.05, 3.63) is 29.3 Å². The van der Waals surface area contributed by atoms with Crippen LogP contribution in [0.4, 0.5) is 0 Å². The first-order valence-electron chi connectivity index (χ1n) is 5.28. The molecule has 1 aromatic rings. The molecule has 1 aromatic carbocycles. The molecule has 0 saturated heterocycles. The topological polar surface area (TPSA) is 18.5 Å². The van der Waals surface area contributed by atoms with Crippen LogP contribution < -0.4 is 5.46 Å². The highest BCUT2D eigenvalue weighted by molar-refractivity contribution is 6.33. The van der Waals surface area contributed by atoms with E-state index in [2.05, 4.69) is 0 Å². The van der Waals surface area contributed by atoms with Crippen LogP contribution in [0.25, 0.3) is 0 Å². The Hall–Kier alpha value is -0.795. The van der Waals surface area contributed by atoms with Crippen molar-refractivity contribution in [3.63, 3.8) is 0 Å². The molecule has 2 radical (unpaired) electrons. The maximum Gasteiger partial charge on any atom is 0.183 e. The van der Waals surface area contributed by atoms with Gasteiger partial charge in [0, 0.05) is 18.8 Å². The normalized spacial score (nSPS) is 10.9. The van der Waals surface area contributed by atoms with Crippen LogP contribution in [0.2, 0.25) is 0 Å². The highest BCUT2D eigenvalue weighted by Crippen LogP contribution is 2.18. The molecule has 0 saturated carbocycles. The Labute approximate surface area is 93.0 Å². The number of hydrogen-bond acceptors (Lipinski definition) is 2. The van der Waals surface area contributed by atoms with Crippen LogP contribution in [0.1, 0.15) is 31.3 Å². The van der Waals surface area contributed by atoms with Crippen molar-refractivity contribution in [2.45, 2.75) is 27.1 Å². The van der Waals surface area contributed by atoms with Crippen molar-refractivity contribution in [2.24, 2.45) is 0 Å². The molecule has 0 aromatic heterocycles. The smallest absolute Gasteiger partial charge is 0.183 e. The standard InChI is InChI=1S/C12H17BO2/c1-4-14-12(15-5-2)10-6-7-11(13)9(3)8-10/h6-8,12H,4-5H2,1-3H3. The minimum Gasteiger partial charge on any atom is -0.349 e. The second-order valence-electron chi connectivity index (χ2n) is 3.36. The van der Waals surface area contributed by atoms with E-state index in [0.29, 0.717) is 13.2 Å². The summed E-state index contributed by atoms with van der Waals surface area (Å²) in [5.74, 6) is 0. The third-order valence-corrected chi connectivity index (χ3v) is 2.20. The van der Waals surface area contributed by atoms with E-state index >= 15 is 0 Å². The van der Waals surface area contributed by atoms with E-state index in [1.165, 1.54) is 0 Å². The lowest BCUT2D eigenvalue weighted by Gasteiger charge is -2.18. The predicted molar refractivity (Wildman–Crippen MR) is 62.6 cm³/mol. The third-order valence-electron chi connectivity index (χ3n) is 2.20. The molecule has 80 valence electrons. The fourth-order valence-electron chi connectivity index (χ4n) is 1.39. The van der Waals surface area contributed by atoms with Gasteiger partial charge in [-0.3, -0.25) is 0 Å². The molecule has 0 aliphatic rings. The van der Waals surface area contributed by atoms with Gasteiger partial charge in [0.25, 0.3) is 0 Å². The van der Waals surface area contributed by atoms with Gasteiger partial charge in [-0.1, -0.05) is 29.2 Å². The van der Waals surface area contributed by atoms with Gasteiger partial charge < -0.3 is 9.47 Å². The zero-order chi connectivity index (χ0) is 11.3. The first-order valence-corrected chi connectivity index (χ1v) is 5.28. The van der Waals surface area contributed by atoms with E-state index in [4.69, 9.17) is 17.3 Å². The summed E-state index contributed by atoms with van der Waals surface area (Å²) in [6.45, 7) is 7.16. The molecule has 3 heteroatoms. The minimum atomic E-state index is -0.278. The molecule has 0 fully saturated rings. The Morgan fingerprint density at radius 2 is 1.80 bits per heavy atom. The molecule has 0 aliphatic heterocycles. The SMILES string of the molecule is [B]c1ccc(C(OCC)OCC)cc1C. The van der Waals surface area contributed by atoms with Gasteiger partial charge in [0.1, 0.15) is 7.85 Å². The summed E-state index contributed by atoms with van der Waals surface area (Å²) in [6, 6.07) is 5.83. The molecule has 1 rings (SSSR count). The molecule has 0 amide bonds. The summed E-state index contributed by atoms with van der Waals surface area (Å²) in [4.78, 5) is 0. The molecule has 0 aliphatic carbocycles. The van der Waals surface area contributed by atoms with Crippen molar-refractivity contribution in [1.82, 2.24) is 0 Å². The number of benzene rings is 1. The van der Waals surface area contributed by atoms with Crippen LogP contribution in [0.5, 0.6) is 0 Å². The zero-order valence-corrected chi connectivity index (χ0v) is 9.62. The Morgan fingerprint density at radius 1 is 1.20 bits per heavy atom. The van der Waals surface area contributed by atoms with Gasteiger partial charge in [-0.15, -0.1) is 0 Å². The second-order valence-corrected chi connectivity index (χ2v) is 3.36. The van der Waals surface area contributed by atoms with E-state index in [9.17, 15) is 0 Å². The Balaban J connectivity index is 2.85. The van der Waals surface area contributed by atoms with E-state index < -0.39 is 0 Å². The predicted octanol–water partition coefficient (Wildman–Crippen LogP) is 1.86. The molecule has 0 atom stereocenters. The number of ether oxygens (including phenoxy) is 2. The zero-order valence-electron chi connectivity index (χ0n) is 9.62. The van der Waals surface area contributed by atoms with E-state index in [1.807, 2.05) is 39.0 Å². The average Bonchev–Trinajstić information content (AvgIpc) is 2.22. The summed E-state index contributed by atoms with van der Waals surface area (Å²) < 4.78 is 11.0. The largest absolute Gasteiger partial charge is 0.349 e. The average molecular weight is 204 g/mol. The molecule has 2 nitrogen and oxygen atoms in total. The van der Waals surface area contributed by atoms with Crippen LogP contribution in [0.3, 0.4) is 0 Å². The quantitative estimate of drug-likeness (QED) is 0.538. The van der Waals surface area contributed by atoms with Gasteiger partial charge in [0.15, 0.2) is 6.29 Å². The van der Waals surface area contributed by atoms with E-state index in [1.54, 1.807) is 0 Å². The second kappa shape index (κ2) is 5.94. The molecule has 0 N–H and O–H groups in total. The van der Waals surface area contributed by atoms with Gasteiger partial charge in [0.2, 0.25) is 0 Å². The molecule has 0 spiro atoms. The summed E-state index contributed by atoms with van der Waals surface area (Å²) in [7, 11) is 5.76. The molecule has 0 unspecified atom stereocenters. The Kier molecular flexibility index (Phi) is 4.86. The lowest BCUT2D eigenvalue weighted by molar-refractivity contribution is -0.140. The Bertz CT molecular complexity index is 306. The van der Waals surface area contributed by atoms with Gasteiger partial charge in [-0.25, -0.2) is 0 Å². The maximum absolute atomic E-state index is 5.76. The van der Waals surface area contributed by atoms with Crippen LogP contribution in [-0.2, 0) is 9.47 Å². The lowest BCUT2D eigenvalue weighted by Crippen LogP contribution is -2.12. The molecular weight excluding hydrogens is 187 g/mol. The van der Waals surface area contributed by atoms with Gasteiger partial charge in [-0.2, -0.15) is 0 Å². The monoisotopic (exact) mass is 204 g/mol. The van der Waals surface area contributed by atoms with Crippen molar-refractivity contribution >= 4 is 13.3 Å². The molecule has 0 bridgehead atoms. The van der Waals surface area contributed by atoms with Gasteiger partial charge >= 0.3 is 0 Å². The van der Waals surface area contributed by atoms with E-state index in [0.717, 1.165) is 16.6 Å². The highest BCUT2D eigenvalue weighted by Gasteiger charge is 2.11. The first kappa shape index (κ1) is 12.3. The molecular formula is C12H17BO2. The Morgan fingerprint density at radius 3 is 2.27 bits per heavy atom. The first-order chi connectivity index (χ1) is 7.19. The van der Waals surface area contributed by atoms with Crippen LogP contribution in [0.15, 0.2) is 18.2 Å². The molecule has 0 heterocycles. The fraction of sp³-hybridized carbons (Fsp3) is 0.500. The van der Waals surface area contributed by atoms with Gasteiger partial charge in [-0.05, 0) is 20.8 Å². The lowest BCUT2D eigenvalue weighted by atomic mass is 9.90. The number of rotatable bonds is 5. The van der Waals surface area contributed by atoms with Crippen molar-refractivity contribution < 1.29 is 9.47 Å². The maximum atomic E-state index is 5.76. The van der Waals surface area contributed by atoms with Crippen LogP contribution >= 0.6 is 0 Å². The highest BCUT2D eigenvalue weighted by atomic mass is 16.7. The number of aryl methyl sites for hydroxylation is 1. The summed E-state index contributed by atoms with van der Waals surface area (Å²) in [6.07, 6.45) is -0.278. The fourth-order valence-corrected chi connectivity index (χ4v) is 1.39. The van der Waals surface area contributed by atoms with Crippen molar-refractivity contribution in [1.29, 1.82) is 0 Å².